The van der Waals surface area contributed by atoms with Crippen LogP contribution in [-0.2, 0) is 0 Å². The molecule has 0 aromatic heterocycles. The van der Waals surface area contributed by atoms with Crippen molar-refractivity contribution in [3.63, 3.8) is 0 Å². The van der Waals surface area contributed by atoms with Crippen LogP contribution in [0.2, 0.25) is 0 Å². The molecule has 2 unspecified atom stereocenters. The van der Waals surface area contributed by atoms with Gasteiger partial charge in [-0.25, -0.2) is 0 Å². The highest BCUT2D eigenvalue weighted by atomic mass is 14.8. The lowest BCUT2D eigenvalue weighted by molar-refractivity contribution is 0.697. The molecule has 1 fully saturated rings. The second-order valence-electron chi connectivity index (χ2n) is 4.95. The van der Waals surface area contributed by atoms with E-state index in [4.69, 9.17) is 0 Å². The Morgan fingerprint density at radius 1 is 1.13 bits per heavy atom. The van der Waals surface area contributed by atoms with Gasteiger partial charge in [0.25, 0.3) is 0 Å². The van der Waals surface area contributed by atoms with Crippen LogP contribution in [0.25, 0.3) is 0 Å². The van der Waals surface area contributed by atoms with E-state index in [1.165, 1.54) is 23.1 Å². The second kappa shape index (κ2) is 3.97. The van der Waals surface area contributed by atoms with Crippen LogP contribution in [0.5, 0.6) is 0 Å². The molecule has 1 saturated carbocycles. The lowest BCUT2D eigenvalue weighted by Gasteiger charge is -2.09. The van der Waals surface area contributed by atoms with E-state index in [0.717, 1.165) is 18.4 Å². The van der Waals surface area contributed by atoms with Gasteiger partial charge in [-0.2, -0.15) is 0 Å². The van der Waals surface area contributed by atoms with Gasteiger partial charge in [-0.05, 0) is 74.9 Å². The van der Waals surface area contributed by atoms with E-state index < -0.39 is 0 Å². The van der Waals surface area contributed by atoms with Crippen LogP contribution in [0.1, 0.15) is 34.6 Å². The van der Waals surface area contributed by atoms with Crippen LogP contribution in [0, 0.1) is 26.7 Å². The molecule has 82 valence electrons. The van der Waals surface area contributed by atoms with Crippen molar-refractivity contribution in [3.8, 4) is 0 Å². The van der Waals surface area contributed by atoms with Crippen molar-refractivity contribution in [1.82, 2.24) is 5.32 Å². The standard InChI is InChI=1S/C14H21N/c1-9-5-11(3)13(6-10(9)2)14-7-12(14)8-15-4/h5-6,12,14-15H,7-8H2,1-4H3. The van der Waals surface area contributed by atoms with Crippen LogP contribution in [0.15, 0.2) is 12.1 Å². The molecule has 1 aromatic carbocycles. The van der Waals surface area contributed by atoms with E-state index in [1.54, 1.807) is 5.56 Å². The molecule has 0 saturated heterocycles. The first-order chi connectivity index (χ1) is 7.13. The minimum Gasteiger partial charge on any atom is -0.319 e. The van der Waals surface area contributed by atoms with E-state index >= 15 is 0 Å². The molecule has 1 aliphatic rings. The van der Waals surface area contributed by atoms with Crippen LogP contribution in [0.4, 0.5) is 0 Å². The third kappa shape index (κ3) is 2.07. The highest BCUT2D eigenvalue weighted by molar-refractivity contribution is 5.40. The average Bonchev–Trinajstić information content (AvgIpc) is 2.91. The van der Waals surface area contributed by atoms with Crippen molar-refractivity contribution >= 4 is 0 Å². The van der Waals surface area contributed by atoms with E-state index in [0.29, 0.717) is 0 Å². The SMILES string of the molecule is CNCC1CC1c1cc(C)c(C)cc1C. The Balaban J connectivity index is 2.20. The number of rotatable bonds is 3. The van der Waals surface area contributed by atoms with Gasteiger partial charge < -0.3 is 5.32 Å². The topological polar surface area (TPSA) is 12.0 Å². The van der Waals surface area contributed by atoms with Crippen LogP contribution in [0.3, 0.4) is 0 Å². The number of nitrogens with one attached hydrogen (secondary N) is 1. The molecule has 1 aliphatic carbocycles. The predicted octanol–water partition coefficient (Wildman–Crippen LogP) is 2.93. The zero-order valence-corrected chi connectivity index (χ0v) is 10.2. The Bertz CT molecular complexity index is 368. The van der Waals surface area contributed by atoms with Crippen LogP contribution < -0.4 is 5.32 Å². The van der Waals surface area contributed by atoms with Gasteiger partial charge in [0.05, 0.1) is 0 Å². The van der Waals surface area contributed by atoms with Crippen LogP contribution in [-0.4, -0.2) is 13.6 Å². The lowest BCUT2D eigenvalue weighted by Crippen LogP contribution is -2.10. The fraction of sp³-hybridized carbons (Fsp3) is 0.571. The summed E-state index contributed by atoms with van der Waals surface area (Å²) >= 11 is 0. The Morgan fingerprint density at radius 3 is 2.47 bits per heavy atom. The summed E-state index contributed by atoms with van der Waals surface area (Å²) in [7, 11) is 2.04. The first-order valence-electron chi connectivity index (χ1n) is 5.86. The molecule has 1 aromatic rings. The molecular weight excluding hydrogens is 182 g/mol. The summed E-state index contributed by atoms with van der Waals surface area (Å²) in [6.07, 6.45) is 1.37. The summed E-state index contributed by atoms with van der Waals surface area (Å²) in [5, 5.41) is 3.27. The number of hydrogen-bond donors (Lipinski definition) is 1. The van der Waals surface area contributed by atoms with Crippen molar-refractivity contribution in [3.05, 3.63) is 34.4 Å². The third-order valence-corrected chi connectivity index (χ3v) is 3.67. The molecule has 1 N–H and O–H groups in total. The van der Waals surface area contributed by atoms with Gasteiger partial charge in [0.15, 0.2) is 0 Å². The van der Waals surface area contributed by atoms with E-state index in [1.807, 2.05) is 7.05 Å². The normalized spacial score (nSPS) is 24.3. The zero-order valence-electron chi connectivity index (χ0n) is 10.2. The van der Waals surface area contributed by atoms with Crippen molar-refractivity contribution in [2.24, 2.45) is 5.92 Å². The van der Waals surface area contributed by atoms with Gasteiger partial charge in [-0.1, -0.05) is 12.1 Å². The monoisotopic (exact) mass is 203 g/mol. The minimum atomic E-state index is 0.816. The smallest absolute Gasteiger partial charge is 0.00174 e. The molecule has 0 heterocycles. The predicted molar refractivity (Wildman–Crippen MR) is 65.4 cm³/mol. The molecule has 0 radical (unpaired) electrons. The van der Waals surface area contributed by atoms with Crippen molar-refractivity contribution in [1.29, 1.82) is 0 Å². The minimum absolute atomic E-state index is 0.816. The molecule has 2 rings (SSSR count). The quantitative estimate of drug-likeness (QED) is 0.796. The van der Waals surface area contributed by atoms with Gasteiger partial charge in [0.2, 0.25) is 0 Å². The maximum Gasteiger partial charge on any atom is -0.00174 e. The van der Waals surface area contributed by atoms with Gasteiger partial charge in [-0.15, -0.1) is 0 Å². The average molecular weight is 203 g/mol. The summed E-state index contributed by atoms with van der Waals surface area (Å²) in [6.45, 7) is 7.82. The van der Waals surface area contributed by atoms with E-state index in [-0.39, 0.29) is 0 Å². The Kier molecular flexibility index (Phi) is 2.83. The summed E-state index contributed by atoms with van der Waals surface area (Å²) in [4.78, 5) is 0. The summed E-state index contributed by atoms with van der Waals surface area (Å²) in [5.74, 6) is 1.69. The summed E-state index contributed by atoms with van der Waals surface area (Å²) < 4.78 is 0. The first-order valence-corrected chi connectivity index (χ1v) is 5.86. The molecule has 15 heavy (non-hydrogen) atoms. The fourth-order valence-corrected chi connectivity index (χ4v) is 2.50. The van der Waals surface area contributed by atoms with Gasteiger partial charge in [0.1, 0.15) is 0 Å². The maximum absolute atomic E-state index is 3.27. The first kappa shape index (κ1) is 10.7. The molecule has 2 atom stereocenters. The van der Waals surface area contributed by atoms with Crippen molar-refractivity contribution in [2.45, 2.75) is 33.1 Å². The third-order valence-electron chi connectivity index (χ3n) is 3.67. The number of aryl methyl sites for hydroxylation is 3. The van der Waals surface area contributed by atoms with Crippen molar-refractivity contribution < 1.29 is 0 Å². The lowest BCUT2D eigenvalue weighted by atomic mass is 9.97. The largest absolute Gasteiger partial charge is 0.319 e. The van der Waals surface area contributed by atoms with Crippen molar-refractivity contribution in [2.75, 3.05) is 13.6 Å². The molecule has 1 nitrogen and oxygen atoms in total. The zero-order chi connectivity index (χ0) is 11.0. The summed E-state index contributed by atoms with van der Waals surface area (Å²) in [5.41, 5.74) is 5.91. The molecule has 0 bridgehead atoms. The second-order valence-corrected chi connectivity index (χ2v) is 4.95. The molecule has 0 aliphatic heterocycles. The highest BCUT2D eigenvalue weighted by Crippen LogP contribution is 2.48. The molecule has 0 amide bonds. The Hall–Kier alpha value is -0.820. The molecule has 1 heteroatoms. The maximum atomic E-state index is 3.27. The van der Waals surface area contributed by atoms with Gasteiger partial charge in [-0.3, -0.25) is 0 Å². The Labute approximate surface area is 92.9 Å². The van der Waals surface area contributed by atoms with Crippen LogP contribution >= 0.6 is 0 Å². The van der Waals surface area contributed by atoms with Gasteiger partial charge >= 0.3 is 0 Å². The highest BCUT2D eigenvalue weighted by Gasteiger charge is 2.38. The van der Waals surface area contributed by atoms with E-state index in [9.17, 15) is 0 Å². The fourth-order valence-electron chi connectivity index (χ4n) is 2.50. The van der Waals surface area contributed by atoms with Gasteiger partial charge in [0, 0.05) is 0 Å². The molecular formula is C14H21N. The molecule has 0 spiro atoms. The summed E-state index contributed by atoms with van der Waals surface area (Å²) in [6, 6.07) is 4.73. The van der Waals surface area contributed by atoms with E-state index in [2.05, 4.69) is 38.2 Å². The number of hydrogen-bond acceptors (Lipinski definition) is 1. The Morgan fingerprint density at radius 2 is 1.80 bits per heavy atom. The number of benzene rings is 1.